The van der Waals surface area contributed by atoms with Crippen molar-refractivity contribution in [2.24, 2.45) is 4.99 Å². The predicted molar refractivity (Wildman–Crippen MR) is 81.2 cm³/mol. The SMILES string of the molecule is COc1ccc(C2(N=C=O)CC2)cc1CN1CCCCC1. The molecule has 0 bridgehead atoms. The number of aliphatic imine (C=N–C) groups is 1. The van der Waals surface area contributed by atoms with Crippen molar-refractivity contribution in [2.45, 2.75) is 44.2 Å². The van der Waals surface area contributed by atoms with Gasteiger partial charge in [-0.1, -0.05) is 12.5 Å². The lowest BCUT2D eigenvalue weighted by molar-refractivity contribution is 0.218. The number of benzene rings is 1. The van der Waals surface area contributed by atoms with Gasteiger partial charge in [0.1, 0.15) is 5.75 Å². The van der Waals surface area contributed by atoms with Gasteiger partial charge in [-0.2, -0.15) is 4.99 Å². The lowest BCUT2D eigenvalue weighted by atomic mass is 10.0. The molecule has 112 valence electrons. The molecule has 1 aromatic rings. The fourth-order valence-corrected chi connectivity index (χ4v) is 3.22. The molecule has 0 amide bonds. The van der Waals surface area contributed by atoms with E-state index < -0.39 is 0 Å². The van der Waals surface area contributed by atoms with Crippen molar-refractivity contribution in [3.63, 3.8) is 0 Å². The van der Waals surface area contributed by atoms with Crippen LogP contribution in [0.4, 0.5) is 0 Å². The summed E-state index contributed by atoms with van der Waals surface area (Å²) in [5, 5.41) is 0. The molecule has 0 unspecified atom stereocenters. The zero-order valence-corrected chi connectivity index (χ0v) is 12.6. The Morgan fingerprint density at radius 1 is 1.29 bits per heavy atom. The standard InChI is InChI=1S/C17H22N2O2/c1-21-16-6-5-15(17(7-8-17)18-13-20)11-14(16)12-19-9-3-2-4-10-19/h5-6,11H,2-4,7-10,12H2,1H3. The molecule has 3 rings (SSSR count). The van der Waals surface area contributed by atoms with E-state index in [1.165, 1.54) is 24.8 Å². The van der Waals surface area contributed by atoms with E-state index in [1.807, 2.05) is 12.1 Å². The lowest BCUT2D eigenvalue weighted by Gasteiger charge is -2.27. The summed E-state index contributed by atoms with van der Waals surface area (Å²) >= 11 is 0. The number of hydrogen-bond donors (Lipinski definition) is 0. The second-order valence-corrected chi connectivity index (χ2v) is 6.10. The molecule has 1 aliphatic carbocycles. The third-order valence-electron chi connectivity index (χ3n) is 4.64. The van der Waals surface area contributed by atoms with Gasteiger partial charge in [-0.25, -0.2) is 4.79 Å². The Labute approximate surface area is 125 Å². The Hall–Kier alpha value is -1.64. The van der Waals surface area contributed by atoms with Crippen molar-refractivity contribution in [3.05, 3.63) is 29.3 Å². The minimum Gasteiger partial charge on any atom is -0.496 e. The summed E-state index contributed by atoms with van der Waals surface area (Å²) in [5.41, 5.74) is 2.02. The quantitative estimate of drug-likeness (QED) is 0.617. The number of likely N-dealkylation sites (tertiary alicyclic amines) is 1. The van der Waals surface area contributed by atoms with Crippen LogP contribution in [0.5, 0.6) is 5.75 Å². The second-order valence-electron chi connectivity index (χ2n) is 6.10. The lowest BCUT2D eigenvalue weighted by Crippen LogP contribution is -2.29. The maximum absolute atomic E-state index is 10.6. The van der Waals surface area contributed by atoms with E-state index in [4.69, 9.17) is 4.74 Å². The Bertz CT molecular complexity index is 554. The van der Waals surface area contributed by atoms with Gasteiger partial charge in [-0.05, 0) is 56.5 Å². The Morgan fingerprint density at radius 2 is 2.05 bits per heavy atom. The first-order valence-electron chi connectivity index (χ1n) is 7.76. The molecule has 1 saturated carbocycles. The van der Waals surface area contributed by atoms with Crippen LogP contribution in [0.1, 0.15) is 43.2 Å². The van der Waals surface area contributed by atoms with Crippen molar-refractivity contribution in [1.82, 2.24) is 4.90 Å². The Balaban J connectivity index is 1.85. The number of carbonyl (C=O) groups excluding carboxylic acids is 1. The number of ether oxygens (including phenoxy) is 1. The van der Waals surface area contributed by atoms with Gasteiger partial charge in [0.2, 0.25) is 6.08 Å². The minimum absolute atomic E-state index is 0.301. The summed E-state index contributed by atoms with van der Waals surface area (Å²) in [6, 6.07) is 6.21. The zero-order chi connectivity index (χ0) is 14.7. The van der Waals surface area contributed by atoms with Gasteiger partial charge in [-0.3, -0.25) is 4.90 Å². The molecular weight excluding hydrogens is 264 g/mol. The van der Waals surface area contributed by atoms with E-state index in [0.29, 0.717) is 0 Å². The van der Waals surface area contributed by atoms with Crippen molar-refractivity contribution < 1.29 is 9.53 Å². The van der Waals surface area contributed by atoms with Crippen LogP contribution in [0.2, 0.25) is 0 Å². The average molecular weight is 286 g/mol. The molecule has 21 heavy (non-hydrogen) atoms. The van der Waals surface area contributed by atoms with E-state index in [9.17, 15) is 4.79 Å². The summed E-state index contributed by atoms with van der Waals surface area (Å²) < 4.78 is 5.50. The van der Waals surface area contributed by atoms with Crippen LogP contribution < -0.4 is 4.74 Å². The highest BCUT2D eigenvalue weighted by atomic mass is 16.5. The van der Waals surface area contributed by atoms with E-state index in [-0.39, 0.29) is 5.54 Å². The van der Waals surface area contributed by atoms with Crippen molar-refractivity contribution >= 4 is 6.08 Å². The van der Waals surface area contributed by atoms with Gasteiger partial charge in [0.25, 0.3) is 0 Å². The average Bonchev–Trinajstić information content (AvgIpc) is 3.29. The molecule has 0 N–H and O–H groups in total. The largest absolute Gasteiger partial charge is 0.496 e. The first-order valence-corrected chi connectivity index (χ1v) is 7.76. The van der Waals surface area contributed by atoms with Crippen LogP contribution in [-0.4, -0.2) is 31.2 Å². The number of nitrogens with zero attached hydrogens (tertiary/aromatic N) is 2. The number of hydrogen-bond acceptors (Lipinski definition) is 4. The maximum Gasteiger partial charge on any atom is 0.235 e. The molecule has 0 atom stereocenters. The fraction of sp³-hybridized carbons (Fsp3) is 0.588. The molecule has 2 aliphatic rings. The van der Waals surface area contributed by atoms with E-state index in [1.54, 1.807) is 13.2 Å². The van der Waals surface area contributed by atoms with Crippen LogP contribution in [0.15, 0.2) is 23.2 Å². The molecular formula is C17H22N2O2. The van der Waals surface area contributed by atoms with Crippen LogP contribution >= 0.6 is 0 Å². The van der Waals surface area contributed by atoms with Gasteiger partial charge in [-0.15, -0.1) is 0 Å². The highest BCUT2D eigenvalue weighted by Crippen LogP contribution is 2.49. The fourth-order valence-electron chi connectivity index (χ4n) is 3.22. The van der Waals surface area contributed by atoms with Gasteiger partial charge in [0.05, 0.1) is 12.6 Å². The molecule has 1 aromatic carbocycles. The summed E-state index contributed by atoms with van der Waals surface area (Å²) in [5.74, 6) is 0.926. The smallest absolute Gasteiger partial charge is 0.235 e. The topological polar surface area (TPSA) is 41.9 Å². The van der Waals surface area contributed by atoms with Crippen molar-refractivity contribution in [2.75, 3.05) is 20.2 Å². The number of methoxy groups -OCH3 is 1. The van der Waals surface area contributed by atoms with Gasteiger partial charge in [0, 0.05) is 12.1 Å². The third kappa shape index (κ3) is 3.02. The highest BCUT2D eigenvalue weighted by molar-refractivity contribution is 5.45. The Morgan fingerprint density at radius 3 is 2.67 bits per heavy atom. The summed E-state index contributed by atoms with van der Waals surface area (Å²) in [6.45, 7) is 3.23. The maximum atomic E-state index is 10.6. The molecule has 4 nitrogen and oxygen atoms in total. The van der Waals surface area contributed by atoms with Gasteiger partial charge in [0.15, 0.2) is 0 Å². The summed E-state index contributed by atoms with van der Waals surface area (Å²) in [4.78, 5) is 17.1. The van der Waals surface area contributed by atoms with Crippen molar-refractivity contribution in [3.8, 4) is 5.75 Å². The Kier molecular flexibility index (Phi) is 4.09. The summed E-state index contributed by atoms with van der Waals surface area (Å²) in [7, 11) is 1.71. The van der Waals surface area contributed by atoms with Gasteiger partial charge < -0.3 is 4.74 Å². The van der Waals surface area contributed by atoms with Crippen LogP contribution in [0, 0.1) is 0 Å². The van der Waals surface area contributed by atoms with Crippen LogP contribution in [-0.2, 0) is 16.9 Å². The molecule has 0 spiro atoms. The van der Waals surface area contributed by atoms with E-state index >= 15 is 0 Å². The monoisotopic (exact) mass is 286 g/mol. The van der Waals surface area contributed by atoms with Crippen molar-refractivity contribution in [1.29, 1.82) is 0 Å². The molecule has 0 radical (unpaired) electrons. The minimum atomic E-state index is -0.301. The van der Waals surface area contributed by atoms with E-state index in [0.717, 1.165) is 43.8 Å². The number of piperidine rings is 1. The first kappa shape index (κ1) is 14.3. The first-order chi connectivity index (χ1) is 10.3. The molecule has 1 saturated heterocycles. The predicted octanol–water partition coefficient (Wildman–Crippen LogP) is 3.01. The zero-order valence-electron chi connectivity index (χ0n) is 12.6. The molecule has 0 aromatic heterocycles. The second kappa shape index (κ2) is 6.00. The molecule has 4 heteroatoms. The molecule has 1 aliphatic heterocycles. The molecule has 1 heterocycles. The highest BCUT2D eigenvalue weighted by Gasteiger charge is 2.45. The van der Waals surface area contributed by atoms with Gasteiger partial charge >= 0.3 is 0 Å². The number of isocyanates is 1. The number of rotatable bonds is 5. The summed E-state index contributed by atoms with van der Waals surface area (Å²) in [6.07, 6.45) is 7.51. The van der Waals surface area contributed by atoms with E-state index in [2.05, 4.69) is 16.0 Å². The van der Waals surface area contributed by atoms with Crippen LogP contribution in [0.25, 0.3) is 0 Å². The third-order valence-corrected chi connectivity index (χ3v) is 4.64. The van der Waals surface area contributed by atoms with Crippen LogP contribution in [0.3, 0.4) is 0 Å². The normalized spacial score (nSPS) is 20.6. The molecule has 2 fully saturated rings.